The lowest BCUT2D eigenvalue weighted by Gasteiger charge is -2.04. The number of carbonyl (C=O) groups is 1. The van der Waals surface area contributed by atoms with Gasteiger partial charge >= 0.3 is 5.97 Å². The van der Waals surface area contributed by atoms with Crippen molar-refractivity contribution in [3.8, 4) is 0 Å². The molecule has 0 aliphatic heterocycles. The first-order valence-corrected chi connectivity index (χ1v) is 7.63. The Balaban J connectivity index is 0.00000441. The highest BCUT2D eigenvalue weighted by atomic mass is 79.9. The molecule has 1 unspecified atom stereocenters. The summed E-state index contributed by atoms with van der Waals surface area (Å²) >= 11 is 0. The van der Waals surface area contributed by atoms with E-state index in [9.17, 15) is 4.79 Å². The van der Waals surface area contributed by atoms with Crippen LogP contribution in [0, 0.1) is 0 Å². The van der Waals surface area contributed by atoms with E-state index in [1.54, 1.807) is 6.92 Å². The van der Waals surface area contributed by atoms with Crippen LogP contribution in [0.2, 0.25) is 0 Å². The molecule has 4 heteroatoms. The van der Waals surface area contributed by atoms with Crippen molar-refractivity contribution in [3.63, 3.8) is 0 Å². The molecule has 0 radical (unpaired) electrons. The fourth-order valence-electron chi connectivity index (χ4n) is 1.84. The van der Waals surface area contributed by atoms with Gasteiger partial charge in [-0.25, -0.2) is 4.79 Å². The Morgan fingerprint density at radius 2 is 1.95 bits per heavy atom. The highest BCUT2D eigenvalue weighted by Gasteiger charge is 1.98. The molecule has 0 saturated carbocycles. The third kappa shape index (κ3) is 8.31. The van der Waals surface area contributed by atoms with Crippen LogP contribution in [0.3, 0.4) is 0 Å². The standard InChI is InChI=1S/C18H23O2P.BrH/c1-4-20-18(19)13-15(3)9-7-8-14(2)12-16-10-5-6-11-17(16)21;/h5-11,13H,4,12,21H2,1-3H3;1H. The predicted molar refractivity (Wildman–Crippen MR) is 103 cm³/mol. The van der Waals surface area contributed by atoms with Crippen molar-refractivity contribution in [2.45, 2.75) is 27.2 Å². The smallest absolute Gasteiger partial charge is 0.330 e. The maximum atomic E-state index is 11.3. The molecule has 0 bridgehead atoms. The fourth-order valence-corrected chi connectivity index (χ4v) is 2.15. The zero-order valence-corrected chi connectivity index (χ0v) is 16.2. The summed E-state index contributed by atoms with van der Waals surface area (Å²) in [5.74, 6) is -0.294. The quantitative estimate of drug-likeness (QED) is 0.317. The number of hydrogen-bond acceptors (Lipinski definition) is 2. The lowest BCUT2D eigenvalue weighted by atomic mass is 10.1. The Labute approximate surface area is 146 Å². The molecule has 0 heterocycles. The molecule has 1 atom stereocenters. The van der Waals surface area contributed by atoms with Crippen molar-refractivity contribution in [3.05, 3.63) is 65.3 Å². The first kappa shape index (κ1) is 20.8. The summed E-state index contributed by atoms with van der Waals surface area (Å²) in [6, 6.07) is 8.32. The van der Waals surface area contributed by atoms with Gasteiger partial charge in [-0.2, -0.15) is 0 Å². The van der Waals surface area contributed by atoms with E-state index in [0.717, 1.165) is 12.0 Å². The second-order valence-corrected chi connectivity index (χ2v) is 5.51. The van der Waals surface area contributed by atoms with Crippen LogP contribution in [0.5, 0.6) is 0 Å². The molecule has 0 amide bonds. The summed E-state index contributed by atoms with van der Waals surface area (Å²) in [5, 5.41) is 1.23. The second kappa shape index (κ2) is 11.4. The van der Waals surface area contributed by atoms with Gasteiger partial charge in [-0.15, -0.1) is 26.2 Å². The predicted octanol–water partition coefficient (Wildman–Crippen LogP) is 4.32. The Morgan fingerprint density at radius 1 is 1.27 bits per heavy atom. The number of hydrogen-bond donors (Lipinski definition) is 0. The van der Waals surface area contributed by atoms with Crippen molar-refractivity contribution in [1.29, 1.82) is 0 Å². The van der Waals surface area contributed by atoms with Gasteiger partial charge in [-0.1, -0.05) is 48.1 Å². The van der Waals surface area contributed by atoms with E-state index in [4.69, 9.17) is 4.74 Å². The Kier molecular flexibility index (Phi) is 10.8. The average Bonchev–Trinajstić information content (AvgIpc) is 2.41. The molecule has 1 rings (SSSR count). The molecule has 2 nitrogen and oxygen atoms in total. The molecule has 1 aromatic carbocycles. The molecule has 0 saturated heterocycles. The number of ether oxygens (including phenoxy) is 1. The summed E-state index contributed by atoms with van der Waals surface area (Å²) in [4.78, 5) is 11.3. The molecule has 22 heavy (non-hydrogen) atoms. The average molecular weight is 383 g/mol. The van der Waals surface area contributed by atoms with E-state index in [1.807, 2.05) is 25.1 Å². The van der Waals surface area contributed by atoms with Gasteiger partial charge in [0.2, 0.25) is 0 Å². The molecule has 0 aromatic heterocycles. The van der Waals surface area contributed by atoms with Crippen LogP contribution in [0.25, 0.3) is 0 Å². The van der Waals surface area contributed by atoms with E-state index in [-0.39, 0.29) is 23.0 Å². The summed E-state index contributed by atoms with van der Waals surface area (Å²) in [6.45, 7) is 6.19. The van der Waals surface area contributed by atoms with Gasteiger partial charge in [0.15, 0.2) is 0 Å². The lowest BCUT2D eigenvalue weighted by molar-refractivity contribution is -0.137. The van der Waals surface area contributed by atoms with Crippen LogP contribution in [-0.4, -0.2) is 12.6 Å². The number of rotatable bonds is 6. The van der Waals surface area contributed by atoms with Crippen molar-refractivity contribution in [2.75, 3.05) is 6.61 Å². The molecule has 0 spiro atoms. The van der Waals surface area contributed by atoms with Gasteiger partial charge < -0.3 is 4.74 Å². The molecule has 0 aliphatic carbocycles. The highest BCUT2D eigenvalue weighted by molar-refractivity contribution is 8.93. The van der Waals surface area contributed by atoms with Gasteiger partial charge in [-0.3, -0.25) is 0 Å². The van der Waals surface area contributed by atoms with Gasteiger partial charge in [0.1, 0.15) is 0 Å². The maximum absolute atomic E-state index is 11.3. The van der Waals surface area contributed by atoms with E-state index < -0.39 is 0 Å². The summed E-state index contributed by atoms with van der Waals surface area (Å²) in [6.07, 6.45) is 8.37. The van der Waals surface area contributed by atoms with Gasteiger partial charge in [0.25, 0.3) is 0 Å². The van der Waals surface area contributed by atoms with E-state index >= 15 is 0 Å². The third-order valence-corrected chi connectivity index (χ3v) is 3.46. The maximum Gasteiger partial charge on any atom is 0.330 e. The first-order valence-electron chi connectivity index (χ1n) is 7.05. The van der Waals surface area contributed by atoms with Gasteiger partial charge in [0, 0.05) is 6.08 Å². The number of esters is 1. The zero-order chi connectivity index (χ0) is 15.7. The van der Waals surface area contributed by atoms with Crippen LogP contribution in [-0.2, 0) is 16.0 Å². The Hall–Kier alpha value is -1.18. The normalized spacial score (nSPS) is 12.2. The molecule has 0 N–H and O–H groups in total. The molecule has 1 aromatic rings. The second-order valence-electron chi connectivity index (χ2n) is 4.89. The van der Waals surface area contributed by atoms with Crippen molar-refractivity contribution in [2.24, 2.45) is 0 Å². The van der Waals surface area contributed by atoms with Gasteiger partial charge in [-0.05, 0) is 43.6 Å². The van der Waals surface area contributed by atoms with Gasteiger partial charge in [0.05, 0.1) is 6.61 Å². The molecule has 0 aliphatic rings. The first-order chi connectivity index (χ1) is 10.0. The van der Waals surface area contributed by atoms with Crippen molar-refractivity contribution < 1.29 is 9.53 Å². The largest absolute Gasteiger partial charge is 0.463 e. The van der Waals surface area contributed by atoms with Crippen LogP contribution in [0.1, 0.15) is 26.3 Å². The highest BCUT2D eigenvalue weighted by Crippen LogP contribution is 2.08. The number of carbonyl (C=O) groups excluding carboxylic acids is 1. The van der Waals surface area contributed by atoms with E-state index in [1.165, 1.54) is 22.5 Å². The van der Waals surface area contributed by atoms with E-state index in [0.29, 0.717) is 6.61 Å². The van der Waals surface area contributed by atoms with Crippen LogP contribution >= 0.6 is 26.2 Å². The number of halogens is 1. The Morgan fingerprint density at radius 3 is 2.59 bits per heavy atom. The Bertz CT molecular complexity index is 574. The fraction of sp³-hybridized carbons (Fsp3) is 0.278. The summed E-state index contributed by atoms with van der Waals surface area (Å²) in [5.41, 5.74) is 3.46. The van der Waals surface area contributed by atoms with Crippen LogP contribution in [0.15, 0.2) is 59.7 Å². The van der Waals surface area contributed by atoms with Crippen LogP contribution in [0.4, 0.5) is 0 Å². The van der Waals surface area contributed by atoms with Crippen molar-refractivity contribution in [1.82, 2.24) is 0 Å². The molecule has 0 fully saturated rings. The molecular weight excluding hydrogens is 359 g/mol. The number of benzene rings is 1. The lowest BCUT2D eigenvalue weighted by Crippen LogP contribution is -2.01. The third-order valence-electron chi connectivity index (χ3n) is 2.90. The number of allylic oxidation sites excluding steroid dienone is 5. The van der Waals surface area contributed by atoms with Crippen LogP contribution < -0.4 is 5.30 Å². The monoisotopic (exact) mass is 382 g/mol. The minimum absolute atomic E-state index is 0. The minimum atomic E-state index is -0.294. The van der Waals surface area contributed by atoms with Crippen molar-refractivity contribution >= 4 is 37.5 Å². The summed E-state index contributed by atoms with van der Waals surface area (Å²) < 4.78 is 4.87. The SMILES string of the molecule is Br.CCOC(=O)C=C(C)C=CC=C(C)Cc1ccccc1P. The summed E-state index contributed by atoms with van der Waals surface area (Å²) in [7, 11) is 2.76. The van der Waals surface area contributed by atoms with E-state index in [2.05, 4.69) is 40.4 Å². The zero-order valence-electron chi connectivity index (χ0n) is 13.3. The minimum Gasteiger partial charge on any atom is -0.463 e. The topological polar surface area (TPSA) is 26.3 Å². The molecule has 120 valence electrons. The molecular formula is C18H24BrO2P.